The van der Waals surface area contributed by atoms with E-state index in [1.165, 1.54) is 12.8 Å². The van der Waals surface area contributed by atoms with Gasteiger partial charge in [0, 0.05) is 0 Å². The minimum Gasteiger partial charge on any atom is -0.390 e. The van der Waals surface area contributed by atoms with E-state index in [1.54, 1.807) is 0 Å². The molecule has 0 aromatic carbocycles. The Bertz CT molecular complexity index is 138. The van der Waals surface area contributed by atoms with E-state index in [0.717, 1.165) is 19.3 Å². The van der Waals surface area contributed by atoms with Gasteiger partial charge in [0.1, 0.15) is 0 Å². The summed E-state index contributed by atoms with van der Waals surface area (Å²) in [6.07, 6.45) is 7.45. The quantitative estimate of drug-likeness (QED) is 0.619. The van der Waals surface area contributed by atoms with E-state index in [1.807, 2.05) is 13.0 Å². The first-order valence-electron chi connectivity index (χ1n) is 4.50. The highest BCUT2D eigenvalue weighted by Gasteiger charge is 2.35. The molecule has 0 spiro atoms. The smallest absolute Gasteiger partial charge is 0.0647 e. The molecule has 0 bridgehead atoms. The van der Waals surface area contributed by atoms with E-state index in [0.29, 0.717) is 5.92 Å². The van der Waals surface area contributed by atoms with Crippen molar-refractivity contribution < 1.29 is 5.11 Å². The molecule has 0 aromatic rings. The van der Waals surface area contributed by atoms with Gasteiger partial charge in [0.2, 0.25) is 0 Å². The zero-order valence-electron chi connectivity index (χ0n) is 7.34. The topological polar surface area (TPSA) is 20.2 Å². The van der Waals surface area contributed by atoms with E-state index < -0.39 is 0 Å². The Labute approximate surface area is 69.1 Å². The molecule has 1 saturated carbocycles. The third-order valence-electron chi connectivity index (χ3n) is 2.83. The van der Waals surface area contributed by atoms with Crippen molar-refractivity contribution in [1.82, 2.24) is 0 Å². The molecule has 0 aliphatic heterocycles. The molecule has 0 heterocycles. The summed E-state index contributed by atoms with van der Waals surface area (Å²) in [5.74, 6) is 0.514. The zero-order valence-corrected chi connectivity index (χ0v) is 7.34. The van der Waals surface area contributed by atoms with Crippen LogP contribution in [0.2, 0.25) is 0 Å². The second-order valence-electron chi connectivity index (χ2n) is 3.81. The minimum atomic E-state index is -0.386. The van der Waals surface area contributed by atoms with Crippen LogP contribution in [0.5, 0.6) is 0 Å². The lowest BCUT2D eigenvalue weighted by Crippen LogP contribution is -2.28. The van der Waals surface area contributed by atoms with Gasteiger partial charge in [-0.3, -0.25) is 0 Å². The Morgan fingerprint density at radius 3 is 2.91 bits per heavy atom. The van der Waals surface area contributed by atoms with Crippen LogP contribution in [-0.2, 0) is 0 Å². The van der Waals surface area contributed by atoms with Crippen molar-refractivity contribution in [3.63, 3.8) is 0 Å². The molecule has 0 amide bonds. The molecular weight excluding hydrogens is 136 g/mol. The highest BCUT2D eigenvalue weighted by molar-refractivity contribution is 4.89. The Morgan fingerprint density at radius 1 is 1.73 bits per heavy atom. The molecule has 2 unspecified atom stereocenters. The van der Waals surface area contributed by atoms with Crippen LogP contribution in [0.4, 0.5) is 0 Å². The van der Waals surface area contributed by atoms with Crippen molar-refractivity contribution in [2.45, 2.75) is 44.6 Å². The summed E-state index contributed by atoms with van der Waals surface area (Å²) < 4.78 is 0. The van der Waals surface area contributed by atoms with Crippen LogP contribution < -0.4 is 0 Å². The molecule has 1 heteroatoms. The van der Waals surface area contributed by atoms with Gasteiger partial charge < -0.3 is 5.11 Å². The number of hydrogen-bond acceptors (Lipinski definition) is 1. The normalized spacial score (nSPS) is 37.5. The maximum atomic E-state index is 9.85. The maximum Gasteiger partial charge on any atom is 0.0647 e. The molecule has 64 valence electrons. The first-order valence-corrected chi connectivity index (χ1v) is 4.50. The molecule has 0 aromatic heterocycles. The van der Waals surface area contributed by atoms with Gasteiger partial charge >= 0.3 is 0 Å². The predicted octanol–water partition coefficient (Wildman–Crippen LogP) is 2.50. The molecule has 1 aliphatic carbocycles. The summed E-state index contributed by atoms with van der Waals surface area (Å²) in [4.78, 5) is 0. The summed E-state index contributed by atoms with van der Waals surface area (Å²) in [6.45, 7) is 5.65. The fraction of sp³-hybridized carbons (Fsp3) is 0.800. The summed E-state index contributed by atoms with van der Waals surface area (Å²) in [5, 5.41) is 9.85. The lowest BCUT2D eigenvalue weighted by atomic mass is 9.89. The summed E-state index contributed by atoms with van der Waals surface area (Å²) >= 11 is 0. The van der Waals surface area contributed by atoms with Crippen molar-refractivity contribution in [3.8, 4) is 0 Å². The van der Waals surface area contributed by atoms with Crippen molar-refractivity contribution in [1.29, 1.82) is 0 Å². The van der Waals surface area contributed by atoms with Crippen LogP contribution in [-0.4, -0.2) is 10.7 Å². The lowest BCUT2D eigenvalue weighted by Gasteiger charge is -2.24. The number of hydrogen-bond donors (Lipinski definition) is 1. The van der Waals surface area contributed by atoms with Gasteiger partial charge in [0.25, 0.3) is 0 Å². The average Bonchev–Trinajstić information content (AvgIpc) is 2.25. The molecule has 1 nitrogen and oxygen atoms in total. The second-order valence-corrected chi connectivity index (χ2v) is 3.81. The van der Waals surface area contributed by atoms with Crippen molar-refractivity contribution in [2.24, 2.45) is 5.92 Å². The summed E-state index contributed by atoms with van der Waals surface area (Å²) in [5.41, 5.74) is -0.386. The van der Waals surface area contributed by atoms with E-state index >= 15 is 0 Å². The predicted molar refractivity (Wildman–Crippen MR) is 47.4 cm³/mol. The third-order valence-corrected chi connectivity index (χ3v) is 2.83. The average molecular weight is 154 g/mol. The molecule has 1 aliphatic rings. The molecular formula is C10H18O. The Kier molecular flexibility index (Phi) is 2.72. The Morgan fingerprint density at radius 2 is 2.45 bits per heavy atom. The van der Waals surface area contributed by atoms with Crippen molar-refractivity contribution in [3.05, 3.63) is 12.7 Å². The van der Waals surface area contributed by atoms with Gasteiger partial charge in [-0.1, -0.05) is 12.5 Å². The SMILES string of the molecule is C=CCCC1CCCC1(C)O. The van der Waals surface area contributed by atoms with Gasteiger partial charge in [-0.25, -0.2) is 0 Å². The molecule has 0 saturated heterocycles. The first-order chi connectivity index (χ1) is 5.17. The van der Waals surface area contributed by atoms with E-state index in [4.69, 9.17) is 0 Å². The Hall–Kier alpha value is -0.300. The molecule has 1 N–H and O–H groups in total. The largest absolute Gasteiger partial charge is 0.390 e. The van der Waals surface area contributed by atoms with Crippen LogP contribution in [0.25, 0.3) is 0 Å². The first kappa shape index (κ1) is 8.79. The van der Waals surface area contributed by atoms with Gasteiger partial charge in [0.15, 0.2) is 0 Å². The minimum absolute atomic E-state index is 0.386. The lowest BCUT2D eigenvalue weighted by molar-refractivity contribution is 0.0183. The molecule has 0 radical (unpaired) electrons. The molecule has 2 atom stereocenters. The summed E-state index contributed by atoms with van der Waals surface area (Å²) in [7, 11) is 0. The zero-order chi connectivity index (χ0) is 8.32. The van der Waals surface area contributed by atoms with Crippen molar-refractivity contribution >= 4 is 0 Å². The van der Waals surface area contributed by atoms with E-state index in [9.17, 15) is 5.11 Å². The molecule has 11 heavy (non-hydrogen) atoms. The van der Waals surface area contributed by atoms with Crippen LogP contribution in [0.1, 0.15) is 39.0 Å². The maximum absolute atomic E-state index is 9.85. The van der Waals surface area contributed by atoms with E-state index in [-0.39, 0.29) is 5.60 Å². The Balaban J connectivity index is 2.38. The van der Waals surface area contributed by atoms with Gasteiger partial charge in [-0.15, -0.1) is 6.58 Å². The van der Waals surface area contributed by atoms with E-state index in [2.05, 4.69) is 6.58 Å². The van der Waals surface area contributed by atoms with Crippen LogP contribution in [0.15, 0.2) is 12.7 Å². The van der Waals surface area contributed by atoms with Gasteiger partial charge in [-0.2, -0.15) is 0 Å². The number of rotatable bonds is 3. The van der Waals surface area contributed by atoms with Crippen molar-refractivity contribution in [2.75, 3.05) is 0 Å². The number of allylic oxidation sites excluding steroid dienone is 1. The fourth-order valence-corrected chi connectivity index (χ4v) is 2.00. The highest BCUT2D eigenvalue weighted by atomic mass is 16.3. The van der Waals surface area contributed by atoms with Gasteiger partial charge in [0.05, 0.1) is 5.60 Å². The summed E-state index contributed by atoms with van der Waals surface area (Å²) in [6, 6.07) is 0. The van der Waals surface area contributed by atoms with Crippen LogP contribution in [0, 0.1) is 5.92 Å². The number of aliphatic hydroxyl groups is 1. The molecule has 1 fully saturated rings. The van der Waals surface area contributed by atoms with Gasteiger partial charge in [-0.05, 0) is 38.5 Å². The highest BCUT2D eigenvalue weighted by Crippen LogP contribution is 2.37. The van der Waals surface area contributed by atoms with Crippen LogP contribution >= 0.6 is 0 Å². The molecule has 1 rings (SSSR count). The fourth-order valence-electron chi connectivity index (χ4n) is 2.00. The standard InChI is InChI=1S/C10H18O/c1-3-4-6-9-7-5-8-10(9,2)11/h3,9,11H,1,4-8H2,2H3. The van der Waals surface area contributed by atoms with Crippen LogP contribution in [0.3, 0.4) is 0 Å². The monoisotopic (exact) mass is 154 g/mol. The third kappa shape index (κ3) is 2.06. The second kappa shape index (κ2) is 3.40.